The van der Waals surface area contributed by atoms with Crippen LogP contribution < -0.4 is 5.73 Å². The van der Waals surface area contributed by atoms with Crippen molar-refractivity contribution in [1.82, 2.24) is 9.97 Å². The summed E-state index contributed by atoms with van der Waals surface area (Å²) >= 11 is 0. The van der Waals surface area contributed by atoms with Gasteiger partial charge >= 0.3 is 0 Å². The predicted octanol–water partition coefficient (Wildman–Crippen LogP) is 1.91. The molecule has 4 nitrogen and oxygen atoms in total. The van der Waals surface area contributed by atoms with Crippen LogP contribution in [0.25, 0.3) is 4.85 Å². The summed E-state index contributed by atoms with van der Waals surface area (Å²) in [6, 6.07) is 0. The zero-order chi connectivity index (χ0) is 10.1. The smallest absolute Gasteiger partial charge is 0.226 e. The number of nitrogens with zero attached hydrogens (tertiary/aromatic N) is 3. The summed E-state index contributed by atoms with van der Waals surface area (Å²) in [7, 11) is 0. The molecule has 2 N–H and O–H groups in total. The van der Waals surface area contributed by atoms with Crippen LogP contribution in [0.3, 0.4) is 0 Å². The van der Waals surface area contributed by atoms with E-state index in [-0.39, 0.29) is 11.4 Å². The fourth-order valence-electron chi connectivity index (χ4n) is 1.02. The lowest BCUT2D eigenvalue weighted by Gasteiger charge is -2.18. The molecule has 0 bridgehead atoms. The molecular weight excluding hydrogens is 164 g/mol. The van der Waals surface area contributed by atoms with Gasteiger partial charge in [0.2, 0.25) is 11.6 Å². The lowest BCUT2D eigenvalue weighted by molar-refractivity contribution is 0.571. The number of anilines is 1. The van der Waals surface area contributed by atoms with Crippen LogP contribution >= 0.6 is 0 Å². The fraction of sp³-hybridized carbons (Fsp3) is 0.444. The van der Waals surface area contributed by atoms with Gasteiger partial charge in [0.25, 0.3) is 0 Å². The Morgan fingerprint density at radius 2 is 2.08 bits per heavy atom. The summed E-state index contributed by atoms with van der Waals surface area (Å²) in [5.41, 5.74) is 6.46. The zero-order valence-corrected chi connectivity index (χ0v) is 8.00. The zero-order valence-electron chi connectivity index (χ0n) is 8.00. The van der Waals surface area contributed by atoms with E-state index in [1.807, 2.05) is 20.8 Å². The van der Waals surface area contributed by atoms with Crippen molar-refractivity contribution < 1.29 is 0 Å². The molecule has 1 aromatic rings. The van der Waals surface area contributed by atoms with Crippen molar-refractivity contribution in [2.24, 2.45) is 0 Å². The van der Waals surface area contributed by atoms with Crippen molar-refractivity contribution in [1.29, 1.82) is 0 Å². The predicted molar refractivity (Wildman–Crippen MR) is 51.4 cm³/mol. The quantitative estimate of drug-likeness (QED) is 0.614. The van der Waals surface area contributed by atoms with Crippen LogP contribution in [0.4, 0.5) is 11.6 Å². The Hall–Kier alpha value is -1.63. The van der Waals surface area contributed by atoms with Crippen LogP contribution in [0.2, 0.25) is 0 Å². The Morgan fingerprint density at radius 1 is 1.46 bits per heavy atom. The Labute approximate surface area is 77.6 Å². The van der Waals surface area contributed by atoms with E-state index in [1.54, 1.807) is 0 Å². The molecule has 0 aliphatic rings. The number of nitrogens with two attached hydrogens (primary N) is 1. The summed E-state index contributed by atoms with van der Waals surface area (Å²) < 4.78 is 0. The normalized spacial score (nSPS) is 10.9. The molecule has 0 amide bonds. The third-order valence-electron chi connectivity index (χ3n) is 1.62. The van der Waals surface area contributed by atoms with Crippen LogP contribution in [0, 0.1) is 6.57 Å². The van der Waals surface area contributed by atoms with Gasteiger partial charge in [0.15, 0.2) is 0 Å². The number of aromatic nitrogens is 2. The molecule has 1 rings (SSSR count). The maximum Gasteiger partial charge on any atom is 0.226 e. The SMILES string of the molecule is [C-]#[N+]c1cnc(N)nc1C(C)(C)C. The Kier molecular flexibility index (Phi) is 2.20. The molecule has 0 saturated carbocycles. The highest BCUT2D eigenvalue weighted by Crippen LogP contribution is 2.29. The molecule has 4 heteroatoms. The second-order valence-electron chi connectivity index (χ2n) is 3.82. The van der Waals surface area contributed by atoms with E-state index in [9.17, 15) is 0 Å². The first-order chi connectivity index (χ1) is 5.95. The number of rotatable bonds is 0. The van der Waals surface area contributed by atoms with Crippen molar-refractivity contribution >= 4 is 11.6 Å². The first kappa shape index (κ1) is 9.46. The number of hydrogen-bond donors (Lipinski definition) is 1. The third-order valence-corrected chi connectivity index (χ3v) is 1.62. The Bertz CT molecular complexity index is 357. The Balaban J connectivity index is 3.35. The first-order valence-electron chi connectivity index (χ1n) is 3.95. The summed E-state index contributed by atoms with van der Waals surface area (Å²) in [6.07, 6.45) is 1.47. The van der Waals surface area contributed by atoms with Gasteiger partial charge in [-0.2, -0.15) is 0 Å². The van der Waals surface area contributed by atoms with Gasteiger partial charge < -0.3 is 5.73 Å². The van der Waals surface area contributed by atoms with Crippen molar-refractivity contribution in [3.8, 4) is 0 Å². The van der Waals surface area contributed by atoms with Gasteiger partial charge in [0.05, 0.1) is 12.3 Å². The second-order valence-corrected chi connectivity index (χ2v) is 3.82. The maximum atomic E-state index is 6.94. The van der Waals surface area contributed by atoms with E-state index in [4.69, 9.17) is 12.3 Å². The molecule has 0 fully saturated rings. The average Bonchev–Trinajstić information content (AvgIpc) is 2.03. The van der Waals surface area contributed by atoms with Crippen molar-refractivity contribution in [2.75, 3.05) is 5.73 Å². The first-order valence-corrected chi connectivity index (χ1v) is 3.95. The molecule has 0 aromatic carbocycles. The molecule has 68 valence electrons. The molecule has 1 aromatic heterocycles. The largest absolute Gasteiger partial charge is 0.368 e. The van der Waals surface area contributed by atoms with Crippen LogP contribution in [0.1, 0.15) is 26.5 Å². The lowest BCUT2D eigenvalue weighted by atomic mass is 9.91. The minimum Gasteiger partial charge on any atom is -0.368 e. The van der Waals surface area contributed by atoms with E-state index in [0.717, 1.165) is 0 Å². The van der Waals surface area contributed by atoms with Gasteiger partial charge in [-0.05, 0) is 5.41 Å². The minimum atomic E-state index is -0.170. The number of hydrogen-bond acceptors (Lipinski definition) is 3. The van der Waals surface area contributed by atoms with Gasteiger partial charge in [0.1, 0.15) is 0 Å². The molecule has 0 atom stereocenters. The van der Waals surface area contributed by atoms with E-state index in [1.165, 1.54) is 6.20 Å². The minimum absolute atomic E-state index is 0.170. The van der Waals surface area contributed by atoms with Gasteiger partial charge in [-0.25, -0.2) is 14.8 Å². The Morgan fingerprint density at radius 3 is 2.54 bits per heavy atom. The summed E-state index contributed by atoms with van der Waals surface area (Å²) in [5.74, 6) is 0.220. The molecule has 0 spiro atoms. The molecule has 1 heterocycles. The molecule has 0 unspecified atom stereocenters. The van der Waals surface area contributed by atoms with Crippen molar-refractivity contribution in [2.45, 2.75) is 26.2 Å². The van der Waals surface area contributed by atoms with Crippen LogP contribution in [-0.2, 0) is 5.41 Å². The van der Waals surface area contributed by atoms with Gasteiger partial charge in [-0.15, -0.1) is 0 Å². The van der Waals surface area contributed by atoms with E-state index < -0.39 is 0 Å². The summed E-state index contributed by atoms with van der Waals surface area (Å²) in [6.45, 7) is 12.9. The number of nitrogen functional groups attached to an aromatic ring is 1. The van der Waals surface area contributed by atoms with Crippen LogP contribution in [-0.4, -0.2) is 9.97 Å². The standard InChI is InChI=1S/C9H12N4/c1-9(2,3)7-6(11-4)5-12-8(10)13-7/h5H,1-3H3,(H2,10,12,13). The van der Waals surface area contributed by atoms with Gasteiger partial charge in [-0.3, -0.25) is 0 Å². The fourth-order valence-corrected chi connectivity index (χ4v) is 1.02. The van der Waals surface area contributed by atoms with Crippen molar-refractivity contribution in [3.05, 3.63) is 23.3 Å². The highest BCUT2D eigenvalue weighted by Gasteiger charge is 2.20. The molecular formula is C9H12N4. The second kappa shape index (κ2) is 3.02. The molecule has 0 saturated heterocycles. The van der Waals surface area contributed by atoms with Gasteiger partial charge in [0, 0.05) is 6.20 Å². The van der Waals surface area contributed by atoms with E-state index in [0.29, 0.717) is 11.4 Å². The maximum absolute atomic E-state index is 6.94. The highest BCUT2D eigenvalue weighted by molar-refractivity contribution is 5.51. The third kappa shape index (κ3) is 1.94. The van der Waals surface area contributed by atoms with E-state index in [2.05, 4.69) is 14.8 Å². The molecule has 0 radical (unpaired) electrons. The molecule has 0 aliphatic carbocycles. The molecule has 13 heavy (non-hydrogen) atoms. The molecule has 0 aliphatic heterocycles. The summed E-state index contributed by atoms with van der Waals surface area (Å²) in [5, 5.41) is 0. The van der Waals surface area contributed by atoms with Gasteiger partial charge in [-0.1, -0.05) is 20.8 Å². The van der Waals surface area contributed by atoms with Crippen LogP contribution in [0.15, 0.2) is 6.20 Å². The van der Waals surface area contributed by atoms with E-state index >= 15 is 0 Å². The highest BCUT2D eigenvalue weighted by atomic mass is 15.0. The van der Waals surface area contributed by atoms with Crippen molar-refractivity contribution in [3.63, 3.8) is 0 Å². The topological polar surface area (TPSA) is 56.2 Å². The lowest BCUT2D eigenvalue weighted by Crippen LogP contribution is -2.15. The summed E-state index contributed by atoms with van der Waals surface area (Å²) in [4.78, 5) is 11.2. The average molecular weight is 176 g/mol. The van der Waals surface area contributed by atoms with Crippen LogP contribution in [0.5, 0.6) is 0 Å². The monoisotopic (exact) mass is 176 g/mol.